The highest BCUT2D eigenvalue weighted by molar-refractivity contribution is 5.66. The second-order valence-corrected chi connectivity index (χ2v) is 5.03. The number of rotatable bonds is 8. The van der Waals surface area contributed by atoms with Gasteiger partial charge in [0.1, 0.15) is 0 Å². The molecule has 0 aromatic heterocycles. The SMILES string of the molecule is CC[C@H](CCCCC(=O)O)Cc1cc(F)c(O)c(F)c1. The number of halogens is 2. The van der Waals surface area contributed by atoms with E-state index in [2.05, 4.69) is 0 Å². The third-order valence-corrected chi connectivity index (χ3v) is 3.43. The summed E-state index contributed by atoms with van der Waals surface area (Å²) in [5, 5.41) is 17.6. The highest BCUT2D eigenvalue weighted by atomic mass is 19.1. The van der Waals surface area contributed by atoms with E-state index in [1.807, 2.05) is 6.92 Å². The van der Waals surface area contributed by atoms with Gasteiger partial charge in [-0.3, -0.25) is 4.79 Å². The summed E-state index contributed by atoms with van der Waals surface area (Å²) in [6.45, 7) is 2.00. The van der Waals surface area contributed by atoms with Gasteiger partial charge in [-0.1, -0.05) is 26.2 Å². The molecule has 2 N–H and O–H groups in total. The quantitative estimate of drug-likeness (QED) is 0.713. The number of unbranched alkanes of at least 4 members (excludes halogenated alkanes) is 1. The Morgan fingerprint density at radius 3 is 2.35 bits per heavy atom. The number of benzene rings is 1. The number of carbonyl (C=O) groups is 1. The first-order valence-corrected chi connectivity index (χ1v) is 6.82. The molecule has 0 aliphatic heterocycles. The molecule has 0 spiro atoms. The van der Waals surface area contributed by atoms with E-state index < -0.39 is 23.4 Å². The van der Waals surface area contributed by atoms with E-state index in [4.69, 9.17) is 10.2 Å². The lowest BCUT2D eigenvalue weighted by molar-refractivity contribution is -0.137. The van der Waals surface area contributed by atoms with Crippen molar-refractivity contribution >= 4 is 5.97 Å². The molecule has 0 aliphatic carbocycles. The van der Waals surface area contributed by atoms with Crippen LogP contribution in [0.15, 0.2) is 12.1 Å². The zero-order valence-electron chi connectivity index (χ0n) is 11.5. The van der Waals surface area contributed by atoms with E-state index in [0.717, 1.165) is 31.4 Å². The molecule has 5 heteroatoms. The van der Waals surface area contributed by atoms with Crippen molar-refractivity contribution in [2.75, 3.05) is 0 Å². The fourth-order valence-corrected chi connectivity index (χ4v) is 2.23. The molecule has 1 aromatic carbocycles. The molecule has 0 saturated carbocycles. The van der Waals surface area contributed by atoms with E-state index in [1.165, 1.54) is 0 Å². The monoisotopic (exact) mass is 286 g/mol. The van der Waals surface area contributed by atoms with Crippen LogP contribution in [-0.2, 0) is 11.2 Å². The number of hydrogen-bond acceptors (Lipinski definition) is 2. The van der Waals surface area contributed by atoms with Gasteiger partial charge in [0.25, 0.3) is 0 Å². The van der Waals surface area contributed by atoms with Crippen molar-refractivity contribution in [2.24, 2.45) is 5.92 Å². The standard InChI is InChI=1S/C15H20F2O3/c1-2-10(5-3-4-6-14(18)19)7-11-8-12(16)15(20)13(17)9-11/h8-10,20H,2-7H2,1H3,(H,18,19)/t10-/m1/s1. The van der Waals surface area contributed by atoms with E-state index in [-0.39, 0.29) is 12.3 Å². The van der Waals surface area contributed by atoms with Crippen molar-refractivity contribution in [1.29, 1.82) is 0 Å². The van der Waals surface area contributed by atoms with Gasteiger partial charge in [-0.05, 0) is 36.5 Å². The molecule has 112 valence electrons. The smallest absolute Gasteiger partial charge is 0.303 e. The van der Waals surface area contributed by atoms with Crippen LogP contribution in [0.2, 0.25) is 0 Å². The van der Waals surface area contributed by atoms with Gasteiger partial charge >= 0.3 is 5.97 Å². The van der Waals surface area contributed by atoms with Crippen LogP contribution in [0.5, 0.6) is 5.75 Å². The van der Waals surface area contributed by atoms with Crippen molar-refractivity contribution in [1.82, 2.24) is 0 Å². The summed E-state index contributed by atoms with van der Waals surface area (Å²) in [4.78, 5) is 10.4. The maximum atomic E-state index is 13.2. The van der Waals surface area contributed by atoms with Gasteiger partial charge in [-0.15, -0.1) is 0 Å². The van der Waals surface area contributed by atoms with Crippen LogP contribution in [0.1, 0.15) is 44.6 Å². The molecular formula is C15H20F2O3. The first-order valence-electron chi connectivity index (χ1n) is 6.82. The summed E-state index contributed by atoms with van der Waals surface area (Å²) in [6, 6.07) is 2.30. The van der Waals surface area contributed by atoms with Crippen LogP contribution in [-0.4, -0.2) is 16.2 Å². The average molecular weight is 286 g/mol. The number of phenolic OH excluding ortho intramolecular Hbond substituents is 1. The predicted octanol–water partition coefficient (Wildman–Crippen LogP) is 3.88. The van der Waals surface area contributed by atoms with E-state index >= 15 is 0 Å². The summed E-state index contributed by atoms with van der Waals surface area (Å²) in [6.07, 6.45) is 3.76. The Bertz CT molecular complexity index is 437. The highest BCUT2D eigenvalue weighted by Crippen LogP contribution is 2.25. The minimum absolute atomic E-state index is 0.152. The number of carboxylic acid groups (broad SMARTS) is 1. The Labute approximate surface area is 117 Å². The van der Waals surface area contributed by atoms with Crippen molar-refractivity contribution in [3.8, 4) is 5.75 Å². The molecule has 0 amide bonds. The molecule has 0 radical (unpaired) electrons. The number of phenols is 1. The highest BCUT2D eigenvalue weighted by Gasteiger charge is 2.13. The fraction of sp³-hybridized carbons (Fsp3) is 0.533. The van der Waals surface area contributed by atoms with Crippen molar-refractivity contribution in [3.63, 3.8) is 0 Å². The molecule has 3 nitrogen and oxygen atoms in total. The Hall–Kier alpha value is -1.65. The molecule has 1 aromatic rings. The normalized spacial score (nSPS) is 12.3. The molecule has 0 fully saturated rings. The van der Waals surface area contributed by atoms with Crippen LogP contribution in [0, 0.1) is 17.6 Å². The van der Waals surface area contributed by atoms with Crippen molar-refractivity contribution < 1.29 is 23.8 Å². The van der Waals surface area contributed by atoms with Gasteiger partial charge in [0, 0.05) is 6.42 Å². The summed E-state index contributed by atoms with van der Waals surface area (Å²) in [5.74, 6) is -3.38. The fourth-order valence-electron chi connectivity index (χ4n) is 2.23. The van der Waals surface area contributed by atoms with Gasteiger partial charge < -0.3 is 10.2 Å². The third-order valence-electron chi connectivity index (χ3n) is 3.43. The summed E-state index contributed by atoms with van der Waals surface area (Å²) in [7, 11) is 0. The summed E-state index contributed by atoms with van der Waals surface area (Å²) in [5.41, 5.74) is 0.517. The van der Waals surface area contributed by atoms with Crippen LogP contribution in [0.4, 0.5) is 8.78 Å². The van der Waals surface area contributed by atoms with Gasteiger partial charge in [0.05, 0.1) is 0 Å². The Kier molecular flexibility index (Phi) is 6.42. The molecule has 0 bridgehead atoms. The average Bonchev–Trinajstić information content (AvgIpc) is 2.39. The van der Waals surface area contributed by atoms with Crippen LogP contribution in [0.25, 0.3) is 0 Å². The molecular weight excluding hydrogens is 266 g/mol. The predicted molar refractivity (Wildman–Crippen MR) is 71.6 cm³/mol. The lowest BCUT2D eigenvalue weighted by atomic mass is 9.91. The molecule has 1 atom stereocenters. The minimum atomic E-state index is -0.944. The zero-order chi connectivity index (χ0) is 15.1. The third kappa shape index (κ3) is 5.15. The number of carboxylic acids is 1. The van der Waals surface area contributed by atoms with Gasteiger partial charge in [0.15, 0.2) is 17.4 Å². The number of aliphatic carboxylic acids is 1. The van der Waals surface area contributed by atoms with Crippen LogP contribution in [0.3, 0.4) is 0 Å². The summed E-state index contributed by atoms with van der Waals surface area (Å²) < 4.78 is 26.5. The summed E-state index contributed by atoms with van der Waals surface area (Å²) >= 11 is 0. The first-order chi connectivity index (χ1) is 9.43. The first kappa shape index (κ1) is 16.4. The largest absolute Gasteiger partial charge is 0.503 e. The maximum absolute atomic E-state index is 13.2. The Morgan fingerprint density at radius 1 is 1.25 bits per heavy atom. The second-order valence-electron chi connectivity index (χ2n) is 5.03. The Balaban J connectivity index is 2.53. The molecule has 1 rings (SSSR count). The van der Waals surface area contributed by atoms with E-state index in [9.17, 15) is 13.6 Å². The molecule has 0 saturated heterocycles. The molecule has 0 heterocycles. The van der Waals surface area contributed by atoms with E-state index in [1.54, 1.807) is 0 Å². The van der Waals surface area contributed by atoms with Gasteiger partial charge in [-0.2, -0.15) is 0 Å². The maximum Gasteiger partial charge on any atom is 0.303 e. The van der Waals surface area contributed by atoms with Crippen molar-refractivity contribution in [2.45, 2.75) is 45.4 Å². The van der Waals surface area contributed by atoms with Gasteiger partial charge in [0.2, 0.25) is 0 Å². The molecule has 0 aliphatic rings. The van der Waals surface area contributed by atoms with E-state index in [0.29, 0.717) is 18.4 Å². The molecule has 0 unspecified atom stereocenters. The van der Waals surface area contributed by atoms with Crippen LogP contribution < -0.4 is 0 Å². The van der Waals surface area contributed by atoms with Gasteiger partial charge in [-0.25, -0.2) is 8.78 Å². The molecule has 20 heavy (non-hydrogen) atoms. The topological polar surface area (TPSA) is 57.5 Å². The number of aromatic hydroxyl groups is 1. The lowest BCUT2D eigenvalue weighted by Gasteiger charge is -2.15. The minimum Gasteiger partial charge on any atom is -0.503 e. The lowest BCUT2D eigenvalue weighted by Crippen LogP contribution is -2.05. The second kappa shape index (κ2) is 7.82. The zero-order valence-corrected chi connectivity index (χ0v) is 11.5. The number of hydrogen-bond donors (Lipinski definition) is 2. The van der Waals surface area contributed by atoms with Crippen LogP contribution >= 0.6 is 0 Å². The van der Waals surface area contributed by atoms with Crippen molar-refractivity contribution in [3.05, 3.63) is 29.3 Å². The Morgan fingerprint density at radius 2 is 1.85 bits per heavy atom.